The third kappa shape index (κ3) is 3.03. The van der Waals surface area contributed by atoms with Crippen LogP contribution in [0.15, 0.2) is 161 Å². The smallest absolute Gasteiger partial charge is 0.0764 e. The molecule has 1 nitrogen and oxygen atoms in total. The van der Waals surface area contributed by atoms with Crippen molar-refractivity contribution < 1.29 is 0 Å². The molecule has 1 spiro atoms. The van der Waals surface area contributed by atoms with Gasteiger partial charge in [-0.05, 0) is 69.8 Å². The van der Waals surface area contributed by atoms with Gasteiger partial charge in [0.1, 0.15) is 0 Å². The molecule has 0 saturated heterocycles. The lowest BCUT2D eigenvalue weighted by molar-refractivity contribution is 0.690. The Morgan fingerprint density at radius 2 is 1.17 bits per heavy atom. The number of hydrogen-bond donors (Lipinski definition) is 0. The first-order valence-electron chi connectivity index (χ1n) is 15.8. The van der Waals surface area contributed by atoms with Gasteiger partial charge in [0.2, 0.25) is 0 Å². The SMILES string of the molecule is c1ccc2c(c1)Sc1ccc(-c3cccc4c3sc3ccccc34)cc1C21c2ccccc2-n2c3ccccc3c3cccc1c32. The molecule has 0 radical (unpaired) electrons. The average molecular weight is 620 g/mol. The van der Waals surface area contributed by atoms with E-state index in [0.29, 0.717) is 0 Å². The van der Waals surface area contributed by atoms with Crippen molar-refractivity contribution in [3.8, 4) is 16.8 Å². The van der Waals surface area contributed by atoms with E-state index in [-0.39, 0.29) is 0 Å². The number of hydrogen-bond acceptors (Lipinski definition) is 2. The van der Waals surface area contributed by atoms with Crippen LogP contribution >= 0.6 is 23.1 Å². The Hall–Kier alpha value is -5.09. The number of benzene rings is 7. The van der Waals surface area contributed by atoms with E-state index < -0.39 is 5.41 Å². The second-order valence-electron chi connectivity index (χ2n) is 12.4. The molecule has 0 bridgehead atoms. The van der Waals surface area contributed by atoms with Crippen molar-refractivity contribution in [2.45, 2.75) is 15.2 Å². The van der Waals surface area contributed by atoms with Gasteiger partial charge in [-0.25, -0.2) is 0 Å². The molecule has 0 aliphatic carbocycles. The third-order valence-electron chi connectivity index (χ3n) is 10.3. The van der Waals surface area contributed by atoms with Crippen molar-refractivity contribution in [1.82, 2.24) is 4.57 Å². The highest BCUT2D eigenvalue weighted by molar-refractivity contribution is 7.99. The van der Waals surface area contributed by atoms with Gasteiger partial charge in [0, 0.05) is 40.7 Å². The van der Waals surface area contributed by atoms with E-state index in [4.69, 9.17) is 0 Å². The quantitative estimate of drug-likeness (QED) is 0.177. The van der Waals surface area contributed by atoms with Crippen molar-refractivity contribution in [2.75, 3.05) is 0 Å². The first-order valence-corrected chi connectivity index (χ1v) is 17.4. The summed E-state index contributed by atoms with van der Waals surface area (Å²) in [4.78, 5) is 2.65. The Balaban J connectivity index is 1.30. The molecule has 46 heavy (non-hydrogen) atoms. The van der Waals surface area contributed by atoms with Crippen LogP contribution in [0, 0.1) is 0 Å². The molecule has 2 aromatic heterocycles. The Labute approximate surface area is 274 Å². The number of rotatable bonds is 1. The number of nitrogens with zero attached hydrogens (tertiary/aromatic N) is 1. The minimum absolute atomic E-state index is 0.471. The summed E-state index contributed by atoms with van der Waals surface area (Å²) < 4.78 is 5.21. The van der Waals surface area contributed by atoms with Gasteiger partial charge in [0.25, 0.3) is 0 Å². The molecule has 9 aromatic rings. The molecule has 3 heteroatoms. The summed E-state index contributed by atoms with van der Waals surface area (Å²) in [5.41, 5.74) is 11.4. The lowest BCUT2D eigenvalue weighted by Gasteiger charge is -2.45. The minimum Gasteiger partial charge on any atom is -0.309 e. The van der Waals surface area contributed by atoms with Gasteiger partial charge >= 0.3 is 0 Å². The van der Waals surface area contributed by atoms with Crippen LogP contribution < -0.4 is 0 Å². The van der Waals surface area contributed by atoms with Crippen molar-refractivity contribution in [3.05, 3.63) is 174 Å². The zero-order chi connectivity index (χ0) is 30.0. The maximum atomic E-state index is 2.52. The van der Waals surface area contributed by atoms with Crippen LogP contribution in [-0.2, 0) is 5.41 Å². The standard InChI is InChI=1S/C43H25NS2/c1-5-19-36-28(11-1)30-14-10-18-34-41(30)44(36)37-20-6-3-16-32(37)43(34)33-17-4-8-22-39(33)45-40-24-23-26(25-35(40)43)27-13-9-15-31-29-12-2-7-21-38(29)46-42(27)31/h1-25H. The molecule has 4 heterocycles. The molecule has 11 rings (SSSR count). The topological polar surface area (TPSA) is 4.93 Å². The van der Waals surface area contributed by atoms with E-state index >= 15 is 0 Å². The van der Waals surface area contributed by atoms with Gasteiger partial charge in [-0.1, -0.05) is 127 Å². The van der Waals surface area contributed by atoms with E-state index in [1.165, 1.54) is 90.8 Å². The van der Waals surface area contributed by atoms with Crippen LogP contribution in [0.5, 0.6) is 0 Å². The lowest BCUT2D eigenvalue weighted by atomic mass is 9.62. The van der Waals surface area contributed by atoms with E-state index in [2.05, 4.69) is 156 Å². The van der Waals surface area contributed by atoms with Crippen LogP contribution in [0.25, 0.3) is 58.8 Å². The fraction of sp³-hybridized carbons (Fsp3) is 0.0233. The van der Waals surface area contributed by atoms with Gasteiger partial charge < -0.3 is 4.57 Å². The second kappa shape index (κ2) is 9.01. The fourth-order valence-corrected chi connectivity index (χ4v) is 10.9. The molecule has 0 amide bonds. The maximum absolute atomic E-state index is 2.52. The van der Waals surface area contributed by atoms with Gasteiger partial charge in [0.15, 0.2) is 0 Å². The molecular weight excluding hydrogens is 595 g/mol. The predicted octanol–water partition coefficient (Wildman–Crippen LogP) is 12.0. The molecule has 2 aliphatic rings. The van der Waals surface area contributed by atoms with Crippen LogP contribution in [-0.4, -0.2) is 4.57 Å². The van der Waals surface area contributed by atoms with E-state index in [0.717, 1.165) is 0 Å². The molecular formula is C43H25NS2. The zero-order valence-corrected chi connectivity index (χ0v) is 26.3. The highest BCUT2D eigenvalue weighted by atomic mass is 32.2. The molecule has 0 fully saturated rings. The van der Waals surface area contributed by atoms with Gasteiger partial charge in [-0.3, -0.25) is 0 Å². The number of thiophene rings is 1. The monoisotopic (exact) mass is 619 g/mol. The fourth-order valence-electron chi connectivity index (χ4n) is 8.47. The van der Waals surface area contributed by atoms with Crippen molar-refractivity contribution >= 4 is 65.1 Å². The molecule has 1 atom stereocenters. The molecule has 1 unspecified atom stereocenters. The second-order valence-corrected chi connectivity index (χ2v) is 14.5. The number of aromatic nitrogens is 1. The average Bonchev–Trinajstić information content (AvgIpc) is 3.67. The van der Waals surface area contributed by atoms with Crippen LogP contribution in [0.4, 0.5) is 0 Å². The summed E-state index contributed by atoms with van der Waals surface area (Å²) in [6.07, 6.45) is 0. The molecule has 2 aliphatic heterocycles. The Kier molecular flexibility index (Phi) is 4.92. The summed E-state index contributed by atoms with van der Waals surface area (Å²) in [5.74, 6) is 0. The van der Waals surface area contributed by atoms with Crippen LogP contribution in [0.2, 0.25) is 0 Å². The van der Waals surface area contributed by atoms with E-state index in [1.807, 2.05) is 23.1 Å². The van der Waals surface area contributed by atoms with Gasteiger partial charge in [-0.15, -0.1) is 11.3 Å². The van der Waals surface area contributed by atoms with Crippen molar-refractivity contribution in [3.63, 3.8) is 0 Å². The highest BCUT2D eigenvalue weighted by Crippen LogP contribution is 2.61. The Morgan fingerprint density at radius 3 is 2.13 bits per heavy atom. The van der Waals surface area contributed by atoms with Gasteiger partial charge in [0.05, 0.1) is 22.1 Å². The zero-order valence-electron chi connectivity index (χ0n) is 24.7. The summed E-state index contributed by atoms with van der Waals surface area (Å²) in [6, 6.07) is 56.9. The highest BCUT2D eigenvalue weighted by Gasteiger charge is 2.49. The Morgan fingerprint density at radius 1 is 0.478 bits per heavy atom. The van der Waals surface area contributed by atoms with E-state index in [1.54, 1.807) is 0 Å². The maximum Gasteiger partial charge on any atom is 0.0764 e. The summed E-state index contributed by atoms with van der Waals surface area (Å²) >= 11 is 3.81. The minimum atomic E-state index is -0.471. The normalized spacial score (nSPS) is 16.3. The largest absolute Gasteiger partial charge is 0.309 e. The number of para-hydroxylation sites is 3. The first kappa shape index (κ1) is 25.1. The molecule has 214 valence electrons. The van der Waals surface area contributed by atoms with Crippen LogP contribution in [0.3, 0.4) is 0 Å². The Bertz CT molecular complexity index is 2750. The van der Waals surface area contributed by atoms with Crippen LogP contribution in [0.1, 0.15) is 22.3 Å². The lowest BCUT2D eigenvalue weighted by Crippen LogP contribution is -2.37. The number of fused-ring (bicyclic) bond motifs is 14. The predicted molar refractivity (Wildman–Crippen MR) is 195 cm³/mol. The molecule has 0 saturated carbocycles. The van der Waals surface area contributed by atoms with Gasteiger partial charge in [-0.2, -0.15) is 0 Å². The van der Waals surface area contributed by atoms with E-state index in [9.17, 15) is 0 Å². The summed E-state index contributed by atoms with van der Waals surface area (Å²) in [5, 5.41) is 5.28. The summed E-state index contributed by atoms with van der Waals surface area (Å²) in [6.45, 7) is 0. The van der Waals surface area contributed by atoms with Crippen molar-refractivity contribution in [2.24, 2.45) is 0 Å². The third-order valence-corrected chi connectivity index (χ3v) is 12.6. The molecule has 7 aromatic carbocycles. The summed E-state index contributed by atoms with van der Waals surface area (Å²) in [7, 11) is 0. The van der Waals surface area contributed by atoms with Crippen molar-refractivity contribution in [1.29, 1.82) is 0 Å². The first-order chi connectivity index (χ1) is 22.8. The molecule has 0 N–H and O–H groups in total.